The summed E-state index contributed by atoms with van der Waals surface area (Å²) in [5.41, 5.74) is 5.08. The quantitative estimate of drug-likeness (QED) is 0.627. The van der Waals surface area contributed by atoms with Crippen LogP contribution in [0.25, 0.3) is 0 Å². The van der Waals surface area contributed by atoms with Gasteiger partial charge in [-0.15, -0.1) is 0 Å². The molecule has 0 heterocycles. The molecule has 0 aliphatic carbocycles. The molecule has 0 saturated carbocycles. The molecule has 94 valence electrons. The lowest BCUT2D eigenvalue weighted by molar-refractivity contribution is -0.135. The van der Waals surface area contributed by atoms with Gasteiger partial charge in [-0.3, -0.25) is 9.59 Å². The molecule has 0 fully saturated rings. The van der Waals surface area contributed by atoms with Crippen molar-refractivity contribution in [3.8, 4) is 0 Å². The molecule has 3 N–H and O–H groups in total. The van der Waals surface area contributed by atoms with Crippen molar-refractivity contribution in [3.63, 3.8) is 0 Å². The summed E-state index contributed by atoms with van der Waals surface area (Å²) < 4.78 is 0. The van der Waals surface area contributed by atoms with Crippen molar-refractivity contribution in [1.29, 1.82) is 0 Å². The van der Waals surface area contributed by atoms with E-state index in [4.69, 9.17) is 10.8 Å². The second-order valence-corrected chi connectivity index (χ2v) is 4.02. The number of hydrogen-bond donors (Lipinski definition) is 2. The van der Waals surface area contributed by atoms with Gasteiger partial charge in [-0.2, -0.15) is 0 Å². The van der Waals surface area contributed by atoms with E-state index in [1.807, 2.05) is 6.92 Å². The molecule has 0 aromatic heterocycles. The molecule has 1 atom stereocenters. The minimum atomic E-state index is -0.499. The standard InChI is InChI=1S/C11H22N2O3/c1-3-4-7-13(8-10(12)15)11(16)6-5-9(2)14/h9,14H,3-8H2,1-2H3,(H2,12,15). The molecule has 5 heteroatoms. The predicted octanol–water partition coefficient (Wildman–Crippen LogP) is 0.261. The number of carbonyl (C=O) groups excluding carboxylic acids is 2. The zero-order valence-corrected chi connectivity index (χ0v) is 10.1. The summed E-state index contributed by atoms with van der Waals surface area (Å²) in [6.07, 6.45) is 1.99. The van der Waals surface area contributed by atoms with Gasteiger partial charge in [0.1, 0.15) is 0 Å². The highest BCUT2D eigenvalue weighted by atomic mass is 16.3. The summed E-state index contributed by atoms with van der Waals surface area (Å²) >= 11 is 0. The van der Waals surface area contributed by atoms with Crippen LogP contribution in [-0.4, -0.2) is 41.0 Å². The molecule has 0 saturated heterocycles. The Balaban J connectivity index is 4.14. The highest BCUT2D eigenvalue weighted by molar-refractivity contribution is 5.83. The van der Waals surface area contributed by atoms with Crippen LogP contribution in [0.1, 0.15) is 39.5 Å². The first kappa shape index (κ1) is 14.9. The van der Waals surface area contributed by atoms with E-state index in [2.05, 4.69) is 0 Å². The van der Waals surface area contributed by atoms with Gasteiger partial charge < -0.3 is 15.7 Å². The molecule has 0 aliphatic rings. The minimum Gasteiger partial charge on any atom is -0.393 e. The molecule has 0 aliphatic heterocycles. The molecule has 0 rings (SSSR count). The number of rotatable bonds is 8. The van der Waals surface area contributed by atoms with Gasteiger partial charge >= 0.3 is 0 Å². The molecular formula is C11H22N2O3. The number of unbranched alkanes of at least 4 members (excludes halogenated alkanes) is 1. The first-order chi connectivity index (χ1) is 7.47. The van der Waals surface area contributed by atoms with Crippen LogP contribution in [0.4, 0.5) is 0 Å². The van der Waals surface area contributed by atoms with Gasteiger partial charge in [-0.1, -0.05) is 13.3 Å². The molecule has 0 radical (unpaired) electrons. The Hall–Kier alpha value is -1.10. The van der Waals surface area contributed by atoms with Crippen molar-refractivity contribution in [2.45, 2.75) is 45.6 Å². The fourth-order valence-electron chi connectivity index (χ4n) is 1.32. The van der Waals surface area contributed by atoms with Gasteiger partial charge in [0.2, 0.25) is 11.8 Å². The molecule has 2 amide bonds. The van der Waals surface area contributed by atoms with Crippen LogP contribution in [0.2, 0.25) is 0 Å². The highest BCUT2D eigenvalue weighted by Gasteiger charge is 2.15. The van der Waals surface area contributed by atoms with Crippen LogP contribution in [0, 0.1) is 0 Å². The van der Waals surface area contributed by atoms with Gasteiger partial charge in [0, 0.05) is 13.0 Å². The molecule has 0 aromatic carbocycles. The van der Waals surface area contributed by atoms with Crippen molar-refractivity contribution in [2.75, 3.05) is 13.1 Å². The topological polar surface area (TPSA) is 83.6 Å². The SMILES string of the molecule is CCCCN(CC(N)=O)C(=O)CCC(C)O. The summed E-state index contributed by atoms with van der Waals surface area (Å²) in [5.74, 6) is -0.616. The van der Waals surface area contributed by atoms with E-state index in [1.165, 1.54) is 4.90 Å². The number of aliphatic hydroxyl groups is 1. The average molecular weight is 230 g/mol. The molecule has 0 bridgehead atoms. The lowest BCUT2D eigenvalue weighted by atomic mass is 10.2. The molecule has 1 unspecified atom stereocenters. The van der Waals surface area contributed by atoms with Crippen LogP contribution in [0.5, 0.6) is 0 Å². The normalized spacial score (nSPS) is 12.2. The summed E-state index contributed by atoms with van der Waals surface area (Å²) in [7, 11) is 0. The molecule has 5 nitrogen and oxygen atoms in total. The maximum absolute atomic E-state index is 11.7. The lowest BCUT2D eigenvalue weighted by Gasteiger charge is -2.21. The van der Waals surface area contributed by atoms with E-state index in [0.29, 0.717) is 13.0 Å². The van der Waals surface area contributed by atoms with Gasteiger partial charge in [0.15, 0.2) is 0 Å². The predicted molar refractivity (Wildman–Crippen MR) is 61.6 cm³/mol. The first-order valence-electron chi connectivity index (χ1n) is 5.71. The van der Waals surface area contributed by atoms with Crippen LogP contribution < -0.4 is 5.73 Å². The Morgan fingerprint density at radius 2 is 2.06 bits per heavy atom. The van der Waals surface area contributed by atoms with Crippen LogP contribution in [0.3, 0.4) is 0 Å². The van der Waals surface area contributed by atoms with Gasteiger partial charge in [0.25, 0.3) is 0 Å². The van der Waals surface area contributed by atoms with Crippen molar-refractivity contribution in [1.82, 2.24) is 4.90 Å². The minimum absolute atomic E-state index is 0.0291. The Labute approximate surface area is 96.6 Å². The van der Waals surface area contributed by atoms with Crippen molar-refractivity contribution in [3.05, 3.63) is 0 Å². The Kier molecular flexibility index (Phi) is 7.54. The molecule has 0 spiro atoms. The third-order valence-electron chi connectivity index (χ3n) is 2.26. The van der Waals surface area contributed by atoms with E-state index < -0.39 is 12.0 Å². The van der Waals surface area contributed by atoms with Crippen LogP contribution in [-0.2, 0) is 9.59 Å². The third kappa shape index (κ3) is 7.23. The summed E-state index contributed by atoms with van der Waals surface area (Å²) in [5, 5.41) is 9.08. The van der Waals surface area contributed by atoms with E-state index in [-0.39, 0.29) is 18.9 Å². The van der Waals surface area contributed by atoms with E-state index in [9.17, 15) is 9.59 Å². The number of aliphatic hydroxyl groups excluding tert-OH is 1. The van der Waals surface area contributed by atoms with Crippen LogP contribution >= 0.6 is 0 Å². The Morgan fingerprint density at radius 3 is 2.50 bits per heavy atom. The molecule has 16 heavy (non-hydrogen) atoms. The lowest BCUT2D eigenvalue weighted by Crippen LogP contribution is -2.39. The van der Waals surface area contributed by atoms with Crippen molar-refractivity contribution >= 4 is 11.8 Å². The molecule has 0 aromatic rings. The summed E-state index contributed by atoms with van der Waals surface area (Å²) in [6.45, 7) is 4.18. The van der Waals surface area contributed by atoms with Crippen molar-refractivity contribution < 1.29 is 14.7 Å². The zero-order chi connectivity index (χ0) is 12.6. The maximum Gasteiger partial charge on any atom is 0.237 e. The Morgan fingerprint density at radius 1 is 1.44 bits per heavy atom. The summed E-state index contributed by atoms with van der Waals surface area (Å²) in [4.78, 5) is 24.0. The van der Waals surface area contributed by atoms with Gasteiger partial charge in [-0.25, -0.2) is 0 Å². The van der Waals surface area contributed by atoms with Gasteiger partial charge in [-0.05, 0) is 19.8 Å². The van der Waals surface area contributed by atoms with Crippen molar-refractivity contribution in [2.24, 2.45) is 5.73 Å². The first-order valence-corrected chi connectivity index (χ1v) is 5.71. The smallest absolute Gasteiger partial charge is 0.237 e. The second kappa shape index (κ2) is 8.10. The number of primary amides is 1. The number of amides is 2. The average Bonchev–Trinajstić information content (AvgIpc) is 2.20. The second-order valence-electron chi connectivity index (χ2n) is 4.02. The zero-order valence-electron chi connectivity index (χ0n) is 10.1. The number of carbonyl (C=O) groups is 2. The fourth-order valence-corrected chi connectivity index (χ4v) is 1.32. The van der Waals surface area contributed by atoms with E-state index in [1.54, 1.807) is 6.92 Å². The largest absolute Gasteiger partial charge is 0.393 e. The van der Waals surface area contributed by atoms with Crippen LogP contribution in [0.15, 0.2) is 0 Å². The van der Waals surface area contributed by atoms with Gasteiger partial charge in [0.05, 0.1) is 12.6 Å². The number of nitrogens with two attached hydrogens (primary N) is 1. The Bertz CT molecular complexity index is 229. The highest BCUT2D eigenvalue weighted by Crippen LogP contribution is 2.03. The fraction of sp³-hybridized carbons (Fsp3) is 0.818. The summed E-state index contributed by atoms with van der Waals surface area (Å²) in [6, 6.07) is 0. The van der Waals surface area contributed by atoms with E-state index in [0.717, 1.165) is 12.8 Å². The van der Waals surface area contributed by atoms with E-state index >= 15 is 0 Å². The molecular weight excluding hydrogens is 208 g/mol. The number of hydrogen-bond acceptors (Lipinski definition) is 3. The third-order valence-corrected chi connectivity index (χ3v) is 2.26. The maximum atomic E-state index is 11.7. The monoisotopic (exact) mass is 230 g/mol. The number of nitrogens with zero attached hydrogens (tertiary/aromatic N) is 1.